The van der Waals surface area contributed by atoms with Gasteiger partial charge in [0.15, 0.2) is 0 Å². The quantitative estimate of drug-likeness (QED) is 0.210. The van der Waals surface area contributed by atoms with Crippen LogP contribution in [-0.4, -0.2) is 87.5 Å². The SMILES string of the molecule is O=C(CC[N+](=O)[O-])OC[C@H]1O[C@@H](OC(=O)CC[N+](=O)[O-])[C@H](O)[C@@H](O)[C@@H]1O. The van der Waals surface area contributed by atoms with Gasteiger partial charge in [-0.2, -0.15) is 0 Å². The first-order valence-corrected chi connectivity index (χ1v) is 7.40. The minimum atomic E-state index is -1.84. The zero-order valence-corrected chi connectivity index (χ0v) is 13.3. The molecule has 0 aliphatic carbocycles. The predicted molar refractivity (Wildman–Crippen MR) is 76.7 cm³/mol. The van der Waals surface area contributed by atoms with Gasteiger partial charge in [0.2, 0.25) is 19.4 Å². The van der Waals surface area contributed by atoms with E-state index >= 15 is 0 Å². The molecular formula is C12H18N2O12. The maximum absolute atomic E-state index is 11.5. The molecule has 1 saturated heterocycles. The number of hydrogen-bond acceptors (Lipinski definition) is 12. The molecule has 1 heterocycles. The number of nitrogens with zero attached hydrogens (tertiary/aromatic N) is 2. The van der Waals surface area contributed by atoms with Crippen molar-refractivity contribution in [2.75, 3.05) is 19.7 Å². The number of aliphatic hydroxyl groups is 3. The Hall–Kier alpha value is -2.42. The lowest BCUT2D eigenvalue weighted by atomic mass is 9.99. The average molecular weight is 382 g/mol. The smallest absolute Gasteiger partial charge is 0.314 e. The first-order chi connectivity index (χ1) is 12.1. The van der Waals surface area contributed by atoms with E-state index in [1.807, 2.05) is 0 Å². The Morgan fingerprint density at radius 2 is 1.46 bits per heavy atom. The van der Waals surface area contributed by atoms with E-state index in [0.29, 0.717) is 0 Å². The molecular weight excluding hydrogens is 364 g/mol. The molecule has 1 rings (SSSR count). The maximum atomic E-state index is 11.5. The molecule has 0 aromatic carbocycles. The number of carbonyl (C=O) groups excluding carboxylic acids is 2. The number of aliphatic hydroxyl groups excluding tert-OH is 3. The molecule has 0 radical (unpaired) electrons. The van der Waals surface area contributed by atoms with E-state index in [1.54, 1.807) is 0 Å². The van der Waals surface area contributed by atoms with E-state index in [9.17, 15) is 45.1 Å². The van der Waals surface area contributed by atoms with Crippen LogP contribution in [0, 0.1) is 20.2 Å². The molecule has 0 amide bonds. The third-order valence-electron chi connectivity index (χ3n) is 3.32. The van der Waals surface area contributed by atoms with Gasteiger partial charge in [0.25, 0.3) is 0 Å². The Labute approximate surface area is 145 Å². The molecule has 0 aromatic rings. The molecule has 0 saturated carbocycles. The monoisotopic (exact) mass is 382 g/mol. The van der Waals surface area contributed by atoms with Crippen LogP contribution in [0.3, 0.4) is 0 Å². The van der Waals surface area contributed by atoms with Crippen molar-refractivity contribution in [1.29, 1.82) is 0 Å². The summed E-state index contributed by atoms with van der Waals surface area (Å²) < 4.78 is 14.4. The standard InChI is InChI=1S/C12H18N2O12/c15-7(1-3-13(20)21)24-5-6-9(17)10(18)11(19)12(25-6)26-8(16)2-4-14(22)23/h6,9-12,17-19H,1-5H2/t6-,9-,10+,11-,12+/m1/s1. The van der Waals surface area contributed by atoms with Gasteiger partial charge in [0.1, 0.15) is 43.9 Å². The molecule has 3 N–H and O–H groups in total. The highest BCUT2D eigenvalue weighted by Crippen LogP contribution is 2.23. The van der Waals surface area contributed by atoms with Gasteiger partial charge >= 0.3 is 11.9 Å². The molecule has 0 spiro atoms. The molecule has 0 aromatic heterocycles. The normalized spacial score (nSPS) is 28.2. The van der Waals surface area contributed by atoms with Crippen molar-refractivity contribution in [3.05, 3.63) is 20.2 Å². The summed E-state index contributed by atoms with van der Waals surface area (Å²) in [4.78, 5) is 41.7. The van der Waals surface area contributed by atoms with Gasteiger partial charge in [-0.15, -0.1) is 0 Å². The largest absolute Gasteiger partial charge is 0.463 e. The van der Waals surface area contributed by atoms with Crippen molar-refractivity contribution in [1.82, 2.24) is 0 Å². The van der Waals surface area contributed by atoms with Gasteiger partial charge in [-0.3, -0.25) is 29.8 Å². The lowest BCUT2D eigenvalue weighted by molar-refractivity contribution is -0.479. The molecule has 5 atom stereocenters. The fraction of sp³-hybridized carbons (Fsp3) is 0.833. The molecule has 148 valence electrons. The molecule has 1 aliphatic heterocycles. The summed E-state index contributed by atoms with van der Waals surface area (Å²) in [5.74, 6) is -2.05. The third kappa shape index (κ3) is 6.83. The fourth-order valence-electron chi connectivity index (χ4n) is 1.95. The summed E-state index contributed by atoms with van der Waals surface area (Å²) in [5.41, 5.74) is 0. The van der Waals surface area contributed by atoms with Crippen molar-refractivity contribution in [3.63, 3.8) is 0 Å². The van der Waals surface area contributed by atoms with Crippen molar-refractivity contribution in [2.24, 2.45) is 0 Å². The highest BCUT2D eigenvalue weighted by atomic mass is 16.7. The van der Waals surface area contributed by atoms with E-state index in [0.717, 1.165) is 0 Å². The molecule has 14 heteroatoms. The highest BCUT2D eigenvalue weighted by Gasteiger charge is 2.46. The first-order valence-electron chi connectivity index (χ1n) is 7.40. The van der Waals surface area contributed by atoms with Crippen LogP contribution >= 0.6 is 0 Å². The summed E-state index contributed by atoms with van der Waals surface area (Å²) >= 11 is 0. The second-order valence-corrected chi connectivity index (χ2v) is 5.30. The van der Waals surface area contributed by atoms with Crippen LogP contribution in [0.2, 0.25) is 0 Å². The van der Waals surface area contributed by atoms with Crippen LogP contribution in [0.1, 0.15) is 12.8 Å². The highest BCUT2D eigenvalue weighted by molar-refractivity contribution is 5.69. The zero-order chi connectivity index (χ0) is 19.9. The second-order valence-electron chi connectivity index (χ2n) is 5.30. The fourth-order valence-corrected chi connectivity index (χ4v) is 1.95. The molecule has 0 bridgehead atoms. The van der Waals surface area contributed by atoms with Crippen molar-refractivity contribution in [3.8, 4) is 0 Å². The molecule has 1 fully saturated rings. The van der Waals surface area contributed by atoms with E-state index < -0.39 is 85.0 Å². The zero-order valence-electron chi connectivity index (χ0n) is 13.3. The number of nitro groups is 2. The lowest BCUT2D eigenvalue weighted by Gasteiger charge is -2.39. The van der Waals surface area contributed by atoms with Gasteiger partial charge in [-0.1, -0.05) is 0 Å². The summed E-state index contributed by atoms with van der Waals surface area (Å²) in [6.07, 6.45) is -9.66. The number of rotatable bonds is 9. The first kappa shape index (κ1) is 21.6. The molecule has 14 nitrogen and oxygen atoms in total. The summed E-state index contributed by atoms with van der Waals surface area (Å²) in [6.45, 7) is -2.01. The Morgan fingerprint density at radius 1 is 0.923 bits per heavy atom. The Kier molecular flexibility index (Phi) is 8.24. The molecule has 1 aliphatic rings. The van der Waals surface area contributed by atoms with Crippen LogP contribution in [0.5, 0.6) is 0 Å². The minimum Gasteiger partial charge on any atom is -0.463 e. The minimum absolute atomic E-state index is 0.527. The van der Waals surface area contributed by atoms with Gasteiger partial charge in [-0.25, -0.2) is 0 Å². The van der Waals surface area contributed by atoms with E-state index in [-0.39, 0.29) is 0 Å². The van der Waals surface area contributed by atoms with Crippen LogP contribution in [0.15, 0.2) is 0 Å². The topological polar surface area (TPSA) is 209 Å². The number of esters is 2. The summed E-state index contributed by atoms with van der Waals surface area (Å²) in [7, 11) is 0. The Morgan fingerprint density at radius 3 is 2.00 bits per heavy atom. The molecule has 0 unspecified atom stereocenters. The van der Waals surface area contributed by atoms with Crippen LogP contribution < -0.4 is 0 Å². The molecule has 26 heavy (non-hydrogen) atoms. The van der Waals surface area contributed by atoms with E-state index in [1.165, 1.54) is 0 Å². The van der Waals surface area contributed by atoms with Gasteiger partial charge in [0.05, 0.1) is 0 Å². The van der Waals surface area contributed by atoms with Crippen molar-refractivity contribution in [2.45, 2.75) is 43.5 Å². The average Bonchev–Trinajstić information content (AvgIpc) is 2.57. The second kappa shape index (κ2) is 9.91. The maximum Gasteiger partial charge on any atom is 0.314 e. The van der Waals surface area contributed by atoms with Crippen LogP contribution in [0.25, 0.3) is 0 Å². The Balaban J connectivity index is 2.58. The summed E-state index contributed by atoms with van der Waals surface area (Å²) in [6, 6.07) is 0. The number of hydrogen-bond donors (Lipinski definition) is 3. The van der Waals surface area contributed by atoms with Crippen molar-refractivity contribution < 1.29 is 49.0 Å². The van der Waals surface area contributed by atoms with E-state index in [4.69, 9.17) is 4.74 Å². The van der Waals surface area contributed by atoms with Crippen LogP contribution in [0.4, 0.5) is 0 Å². The Bertz CT molecular complexity index is 538. The van der Waals surface area contributed by atoms with Gasteiger partial charge in [-0.05, 0) is 0 Å². The third-order valence-corrected chi connectivity index (χ3v) is 3.32. The van der Waals surface area contributed by atoms with Gasteiger partial charge < -0.3 is 29.5 Å². The van der Waals surface area contributed by atoms with Crippen LogP contribution in [-0.2, 0) is 23.8 Å². The van der Waals surface area contributed by atoms with E-state index in [2.05, 4.69) is 9.47 Å². The summed E-state index contributed by atoms with van der Waals surface area (Å²) in [5, 5.41) is 49.7. The van der Waals surface area contributed by atoms with Gasteiger partial charge in [0, 0.05) is 9.85 Å². The van der Waals surface area contributed by atoms with Crippen molar-refractivity contribution >= 4 is 11.9 Å². The number of ether oxygens (including phenoxy) is 3. The lowest BCUT2D eigenvalue weighted by Crippen LogP contribution is -2.59. The number of carbonyl (C=O) groups is 2. The predicted octanol–water partition coefficient (Wildman–Crippen LogP) is -2.79.